The second-order valence-corrected chi connectivity index (χ2v) is 5.71. The largest absolute Gasteiger partial charge is 0.485 e. The summed E-state index contributed by atoms with van der Waals surface area (Å²) >= 11 is 0. The summed E-state index contributed by atoms with van der Waals surface area (Å²) < 4.78 is 5.43. The van der Waals surface area contributed by atoms with Gasteiger partial charge in [-0.25, -0.2) is 10.5 Å². The molecule has 1 aliphatic rings. The summed E-state index contributed by atoms with van der Waals surface area (Å²) in [6.45, 7) is 0.0910. The lowest BCUT2D eigenvalue weighted by Gasteiger charge is -2.15. The van der Waals surface area contributed by atoms with E-state index in [1.165, 1.54) is 0 Å². The fourth-order valence-electron chi connectivity index (χ4n) is 2.78. The number of amides is 1. The van der Waals surface area contributed by atoms with Crippen LogP contribution in [0, 0.1) is 0 Å². The number of carbonyl (C=O) groups is 2. The van der Waals surface area contributed by atoms with Gasteiger partial charge >= 0.3 is 0 Å². The fourth-order valence-corrected chi connectivity index (χ4v) is 2.78. The molecule has 0 radical (unpaired) electrons. The van der Waals surface area contributed by atoms with Crippen molar-refractivity contribution < 1.29 is 19.5 Å². The second kappa shape index (κ2) is 5.91. The number of hydrogen-bond acceptors (Lipinski definition) is 6. The molecule has 3 aromatic rings. The van der Waals surface area contributed by atoms with Crippen molar-refractivity contribution in [3.63, 3.8) is 0 Å². The first-order valence-electron chi connectivity index (χ1n) is 7.61. The Balaban J connectivity index is 1.64. The lowest BCUT2D eigenvalue weighted by Crippen LogP contribution is -2.19. The predicted octanol–water partition coefficient (Wildman–Crippen LogP) is 1.93. The molecule has 0 saturated heterocycles. The topological polar surface area (TPSA) is 116 Å². The minimum atomic E-state index is -0.595. The van der Waals surface area contributed by atoms with Crippen LogP contribution in [0.25, 0.3) is 11.0 Å². The Labute approximate surface area is 141 Å². The molecule has 2 aromatic carbocycles. The molecule has 2 heterocycles. The predicted molar refractivity (Wildman–Crippen MR) is 89.3 cm³/mol. The molecule has 1 aromatic heterocycles. The molecule has 0 fully saturated rings. The molecule has 25 heavy (non-hydrogen) atoms. The first-order valence-corrected chi connectivity index (χ1v) is 7.61. The van der Waals surface area contributed by atoms with E-state index in [0.717, 1.165) is 11.1 Å². The maximum Gasteiger partial charge on any atom is 0.274 e. The van der Waals surface area contributed by atoms with E-state index in [1.807, 2.05) is 6.07 Å². The molecule has 126 valence electrons. The summed E-state index contributed by atoms with van der Waals surface area (Å²) in [5.74, 6) is 0.614. The lowest BCUT2D eigenvalue weighted by molar-refractivity contribution is -0.121. The highest BCUT2D eigenvalue weighted by atomic mass is 16.5. The van der Waals surface area contributed by atoms with Crippen LogP contribution in [0.4, 0.5) is 11.6 Å². The van der Waals surface area contributed by atoms with Crippen LogP contribution in [0.2, 0.25) is 0 Å². The van der Waals surface area contributed by atoms with Gasteiger partial charge in [-0.05, 0) is 24.3 Å². The van der Waals surface area contributed by atoms with Gasteiger partial charge < -0.3 is 15.0 Å². The minimum absolute atomic E-state index is 0.0451. The van der Waals surface area contributed by atoms with Crippen molar-refractivity contribution >= 4 is 34.4 Å². The average Bonchev–Trinajstić information content (AvgIpc) is 3.00. The number of anilines is 2. The summed E-state index contributed by atoms with van der Waals surface area (Å²) in [4.78, 5) is 30.6. The van der Waals surface area contributed by atoms with E-state index >= 15 is 0 Å². The molecular formula is C17H14N4O4. The summed E-state index contributed by atoms with van der Waals surface area (Å²) in [5, 5.41) is 11.8. The van der Waals surface area contributed by atoms with Crippen LogP contribution in [-0.4, -0.2) is 33.5 Å². The Bertz CT molecular complexity index is 995. The third kappa shape index (κ3) is 2.90. The number of benzene rings is 2. The van der Waals surface area contributed by atoms with Crippen LogP contribution in [0.1, 0.15) is 15.9 Å². The van der Waals surface area contributed by atoms with Gasteiger partial charge in [-0.1, -0.05) is 6.07 Å². The summed E-state index contributed by atoms with van der Waals surface area (Å²) in [6.07, 6.45) is 0.353. The molecule has 0 saturated carbocycles. The van der Waals surface area contributed by atoms with E-state index in [2.05, 4.69) is 15.3 Å². The molecule has 1 amide bonds. The van der Waals surface area contributed by atoms with Crippen molar-refractivity contribution in [1.29, 1.82) is 0 Å². The van der Waals surface area contributed by atoms with Crippen molar-refractivity contribution in [3.05, 3.63) is 47.5 Å². The monoisotopic (exact) mass is 338 g/mol. The normalized spacial score (nSPS) is 13.2. The van der Waals surface area contributed by atoms with Crippen LogP contribution in [0.5, 0.6) is 5.75 Å². The second-order valence-electron chi connectivity index (χ2n) is 5.71. The summed E-state index contributed by atoms with van der Waals surface area (Å²) in [7, 11) is 0. The standard InChI is InChI=1S/C17H14N4O4/c22-12-5-10-6-13-14(7-15(10)25-8-12)20-17(19-13)18-11-3-1-2-9(4-11)16(23)21-24/h1-4,6-7,24H,5,8H2,(H,21,23)(H2,18,19,20). The molecular weight excluding hydrogens is 324 g/mol. The van der Waals surface area contributed by atoms with Gasteiger partial charge in [-0.3, -0.25) is 14.8 Å². The average molecular weight is 338 g/mol. The van der Waals surface area contributed by atoms with Crippen molar-refractivity contribution in [3.8, 4) is 5.75 Å². The van der Waals surface area contributed by atoms with Crippen LogP contribution >= 0.6 is 0 Å². The van der Waals surface area contributed by atoms with E-state index in [9.17, 15) is 9.59 Å². The molecule has 0 atom stereocenters. The third-order valence-corrected chi connectivity index (χ3v) is 3.93. The van der Waals surface area contributed by atoms with Crippen molar-refractivity contribution in [2.24, 2.45) is 0 Å². The SMILES string of the molecule is O=C1COc2cc3nc(Nc4cccc(C(=O)NO)c4)[nH]c3cc2C1. The van der Waals surface area contributed by atoms with Gasteiger partial charge in [0.05, 0.1) is 11.0 Å². The van der Waals surface area contributed by atoms with Crippen LogP contribution in [-0.2, 0) is 11.2 Å². The maximum absolute atomic E-state index is 11.5. The van der Waals surface area contributed by atoms with Crippen molar-refractivity contribution in [1.82, 2.24) is 15.4 Å². The summed E-state index contributed by atoms with van der Waals surface area (Å²) in [5.41, 5.74) is 4.87. The number of aromatic nitrogens is 2. The van der Waals surface area contributed by atoms with E-state index in [0.29, 0.717) is 34.9 Å². The Kier molecular flexibility index (Phi) is 3.58. The van der Waals surface area contributed by atoms with E-state index < -0.39 is 5.91 Å². The number of H-pyrrole nitrogens is 1. The smallest absolute Gasteiger partial charge is 0.274 e. The number of aromatic amines is 1. The Hall–Kier alpha value is -3.39. The Morgan fingerprint density at radius 1 is 1.28 bits per heavy atom. The van der Waals surface area contributed by atoms with Gasteiger partial charge in [0.2, 0.25) is 5.95 Å². The molecule has 1 aliphatic heterocycles. The molecule has 0 aliphatic carbocycles. The van der Waals surface area contributed by atoms with Crippen molar-refractivity contribution in [2.45, 2.75) is 6.42 Å². The molecule has 0 unspecified atom stereocenters. The highest BCUT2D eigenvalue weighted by molar-refractivity contribution is 5.94. The fraction of sp³-hybridized carbons (Fsp3) is 0.118. The van der Waals surface area contributed by atoms with Crippen LogP contribution in [0.3, 0.4) is 0 Å². The molecule has 4 rings (SSSR count). The number of rotatable bonds is 3. The Morgan fingerprint density at radius 2 is 2.16 bits per heavy atom. The lowest BCUT2D eigenvalue weighted by atomic mass is 10.1. The zero-order chi connectivity index (χ0) is 17.4. The molecule has 0 spiro atoms. The number of fused-ring (bicyclic) bond motifs is 2. The third-order valence-electron chi connectivity index (χ3n) is 3.93. The molecule has 8 nitrogen and oxygen atoms in total. The Morgan fingerprint density at radius 3 is 3.00 bits per heavy atom. The van der Waals surface area contributed by atoms with Gasteiger partial charge in [-0.2, -0.15) is 0 Å². The quantitative estimate of drug-likeness (QED) is 0.428. The summed E-state index contributed by atoms with van der Waals surface area (Å²) in [6, 6.07) is 10.3. The molecule has 4 N–H and O–H groups in total. The van der Waals surface area contributed by atoms with Gasteiger partial charge in [0, 0.05) is 29.3 Å². The first-order chi connectivity index (χ1) is 12.1. The number of hydrogen-bond donors (Lipinski definition) is 4. The number of Topliss-reactive ketones (excluding diaryl/α,β-unsaturated/α-hetero) is 1. The van der Waals surface area contributed by atoms with Gasteiger partial charge in [0.1, 0.15) is 12.4 Å². The number of carbonyl (C=O) groups excluding carboxylic acids is 2. The maximum atomic E-state index is 11.5. The number of ether oxygens (including phenoxy) is 1. The minimum Gasteiger partial charge on any atom is -0.485 e. The highest BCUT2D eigenvalue weighted by Crippen LogP contribution is 2.29. The van der Waals surface area contributed by atoms with Gasteiger partial charge in [0.25, 0.3) is 5.91 Å². The van der Waals surface area contributed by atoms with E-state index in [4.69, 9.17) is 9.94 Å². The molecule has 8 heteroatoms. The van der Waals surface area contributed by atoms with Gasteiger partial charge in [-0.15, -0.1) is 0 Å². The van der Waals surface area contributed by atoms with Gasteiger partial charge in [0.15, 0.2) is 5.78 Å². The number of nitrogens with one attached hydrogen (secondary N) is 3. The first kappa shape index (κ1) is 15.2. The van der Waals surface area contributed by atoms with E-state index in [1.54, 1.807) is 35.8 Å². The number of hydroxylamine groups is 1. The van der Waals surface area contributed by atoms with E-state index in [-0.39, 0.29) is 12.4 Å². The number of nitrogens with zero attached hydrogens (tertiary/aromatic N) is 1. The van der Waals surface area contributed by atoms with Crippen LogP contribution in [0.15, 0.2) is 36.4 Å². The zero-order valence-corrected chi connectivity index (χ0v) is 13.0. The highest BCUT2D eigenvalue weighted by Gasteiger charge is 2.18. The molecule has 0 bridgehead atoms. The zero-order valence-electron chi connectivity index (χ0n) is 13.0. The number of ketones is 1. The van der Waals surface area contributed by atoms with Crippen LogP contribution < -0.4 is 15.5 Å². The number of imidazole rings is 1. The van der Waals surface area contributed by atoms with Crippen molar-refractivity contribution in [2.75, 3.05) is 11.9 Å².